The molecule has 0 atom stereocenters. The van der Waals surface area contributed by atoms with E-state index in [4.69, 9.17) is 10.5 Å². The third-order valence-corrected chi connectivity index (χ3v) is 5.39. The van der Waals surface area contributed by atoms with Crippen LogP contribution >= 0.6 is 15.9 Å². The van der Waals surface area contributed by atoms with E-state index in [0.717, 1.165) is 32.5 Å². The summed E-state index contributed by atoms with van der Waals surface area (Å²) in [5, 5.41) is 9.69. The van der Waals surface area contributed by atoms with E-state index in [-0.39, 0.29) is 5.82 Å². The minimum atomic E-state index is 0.205. The number of rotatable bonds is 5. The molecule has 4 nitrogen and oxygen atoms in total. The van der Waals surface area contributed by atoms with Crippen LogP contribution in [0.15, 0.2) is 89.4 Å². The van der Waals surface area contributed by atoms with Crippen LogP contribution in [0, 0.1) is 11.3 Å². The van der Waals surface area contributed by atoms with Crippen molar-refractivity contribution in [3.05, 3.63) is 101 Å². The van der Waals surface area contributed by atoms with Crippen LogP contribution in [0.25, 0.3) is 22.4 Å². The van der Waals surface area contributed by atoms with Crippen molar-refractivity contribution in [2.24, 2.45) is 0 Å². The van der Waals surface area contributed by atoms with Gasteiger partial charge in [-0.15, -0.1) is 0 Å². The lowest BCUT2D eigenvalue weighted by Gasteiger charge is -2.13. The highest BCUT2D eigenvalue weighted by atomic mass is 79.9. The number of benzene rings is 3. The predicted octanol–water partition coefficient (Wildman–Crippen LogP) is 6.21. The SMILES string of the molecule is N#Cc1c(-c2cccc(OCc3ccccc3)c2)cc(-c2ccccc2Br)nc1N. The van der Waals surface area contributed by atoms with Crippen LogP contribution in [0.1, 0.15) is 11.1 Å². The summed E-state index contributed by atoms with van der Waals surface area (Å²) in [7, 11) is 0. The fourth-order valence-electron chi connectivity index (χ4n) is 3.21. The van der Waals surface area contributed by atoms with Gasteiger partial charge in [0.15, 0.2) is 0 Å². The topological polar surface area (TPSA) is 71.9 Å². The molecule has 0 unspecified atom stereocenters. The van der Waals surface area contributed by atoms with Gasteiger partial charge in [-0.2, -0.15) is 5.26 Å². The quantitative estimate of drug-likeness (QED) is 0.388. The Morgan fingerprint density at radius 3 is 2.43 bits per heavy atom. The van der Waals surface area contributed by atoms with Gasteiger partial charge in [0.1, 0.15) is 29.8 Å². The number of anilines is 1. The Morgan fingerprint density at radius 1 is 0.900 bits per heavy atom. The highest BCUT2D eigenvalue weighted by molar-refractivity contribution is 9.10. The van der Waals surface area contributed by atoms with E-state index in [2.05, 4.69) is 27.0 Å². The third-order valence-electron chi connectivity index (χ3n) is 4.70. The Bertz CT molecular complexity index is 1230. The smallest absolute Gasteiger partial charge is 0.142 e. The van der Waals surface area contributed by atoms with Gasteiger partial charge in [0.2, 0.25) is 0 Å². The maximum Gasteiger partial charge on any atom is 0.142 e. The molecule has 5 heteroatoms. The molecule has 146 valence electrons. The Balaban J connectivity index is 1.73. The molecule has 0 amide bonds. The van der Waals surface area contributed by atoms with Gasteiger partial charge in [-0.05, 0) is 35.4 Å². The molecule has 0 bridgehead atoms. The number of halogens is 1. The van der Waals surface area contributed by atoms with Gasteiger partial charge in [-0.1, -0.05) is 76.6 Å². The fraction of sp³-hybridized carbons (Fsp3) is 0.0400. The summed E-state index contributed by atoms with van der Waals surface area (Å²) in [5.41, 5.74) is 10.8. The van der Waals surface area contributed by atoms with Crippen LogP contribution in [0.4, 0.5) is 5.82 Å². The maximum atomic E-state index is 9.69. The van der Waals surface area contributed by atoms with Gasteiger partial charge >= 0.3 is 0 Å². The summed E-state index contributed by atoms with van der Waals surface area (Å²) < 4.78 is 6.86. The number of hydrogen-bond acceptors (Lipinski definition) is 4. The van der Waals surface area contributed by atoms with Gasteiger partial charge in [0.05, 0.1) is 5.69 Å². The number of aromatic nitrogens is 1. The third kappa shape index (κ3) is 4.19. The van der Waals surface area contributed by atoms with Crippen LogP contribution in [0.3, 0.4) is 0 Å². The average molecular weight is 456 g/mol. The lowest BCUT2D eigenvalue weighted by Crippen LogP contribution is -2.00. The van der Waals surface area contributed by atoms with E-state index >= 15 is 0 Å². The van der Waals surface area contributed by atoms with Gasteiger partial charge in [0.25, 0.3) is 0 Å². The summed E-state index contributed by atoms with van der Waals surface area (Å²) >= 11 is 3.56. The molecule has 0 saturated carbocycles. The maximum absolute atomic E-state index is 9.69. The van der Waals surface area contributed by atoms with Gasteiger partial charge < -0.3 is 10.5 Å². The molecule has 3 aromatic carbocycles. The summed E-state index contributed by atoms with van der Waals surface area (Å²) in [4.78, 5) is 4.45. The van der Waals surface area contributed by atoms with Crippen LogP contribution in [0.5, 0.6) is 5.75 Å². The molecule has 0 aliphatic heterocycles. The van der Waals surface area contributed by atoms with E-state index in [0.29, 0.717) is 17.9 Å². The van der Waals surface area contributed by atoms with Gasteiger partial charge in [-0.3, -0.25) is 0 Å². The van der Waals surface area contributed by atoms with Crippen molar-refractivity contribution in [1.82, 2.24) is 4.98 Å². The minimum Gasteiger partial charge on any atom is -0.489 e. The van der Waals surface area contributed by atoms with E-state index in [1.165, 1.54) is 0 Å². The van der Waals surface area contributed by atoms with Crippen molar-refractivity contribution in [3.8, 4) is 34.2 Å². The number of nitrogen functional groups attached to an aromatic ring is 1. The van der Waals surface area contributed by atoms with Crippen molar-refractivity contribution in [3.63, 3.8) is 0 Å². The second-order valence-corrected chi connectivity index (χ2v) is 7.56. The van der Waals surface area contributed by atoms with E-state index in [1.54, 1.807) is 0 Å². The second kappa shape index (κ2) is 8.81. The van der Waals surface area contributed by atoms with E-state index in [1.807, 2.05) is 84.9 Å². The zero-order chi connectivity index (χ0) is 20.9. The number of hydrogen-bond donors (Lipinski definition) is 1. The van der Waals surface area contributed by atoms with Crippen molar-refractivity contribution in [2.75, 3.05) is 5.73 Å². The highest BCUT2D eigenvalue weighted by Crippen LogP contribution is 2.35. The molecule has 2 N–H and O–H groups in total. The largest absolute Gasteiger partial charge is 0.489 e. The first kappa shape index (κ1) is 19.7. The summed E-state index contributed by atoms with van der Waals surface area (Å²) in [6.45, 7) is 0.468. The zero-order valence-corrected chi connectivity index (χ0v) is 17.6. The Hall–Kier alpha value is -3.62. The first-order valence-electron chi connectivity index (χ1n) is 9.38. The molecule has 0 spiro atoms. The molecule has 30 heavy (non-hydrogen) atoms. The number of nitriles is 1. The van der Waals surface area contributed by atoms with Crippen LogP contribution < -0.4 is 10.5 Å². The van der Waals surface area contributed by atoms with Crippen molar-refractivity contribution >= 4 is 21.7 Å². The second-order valence-electron chi connectivity index (χ2n) is 6.71. The van der Waals surface area contributed by atoms with Gasteiger partial charge in [0, 0.05) is 15.6 Å². The summed E-state index contributed by atoms with van der Waals surface area (Å²) in [6, 6.07) is 29.5. The molecular weight excluding hydrogens is 438 g/mol. The van der Waals surface area contributed by atoms with Crippen molar-refractivity contribution in [1.29, 1.82) is 5.26 Å². The lowest BCUT2D eigenvalue weighted by molar-refractivity contribution is 0.306. The molecule has 0 aliphatic rings. The average Bonchev–Trinajstić information content (AvgIpc) is 2.78. The lowest BCUT2D eigenvalue weighted by atomic mass is 9.98. The normalized spacial score (nSPS) is 10.4. The monoisotopic (exact) mass is 455 g/mol. The van der Waals surface area contributed by atoms with Crippen LogP contribution in [-0.2, 0) is 6.61 Å². The number of nitrogens with zero attached hydrogens (tertiary/aromatic N) is 2. The Kier molecular flexibility index (Phi) is 5.78. The molecule has 1 heterocycles. The first-order chi connectivity index (χ1) is 14.7. The number of pyridine rings is 1. The van der Waals surface area contributed by atoms with Crippen LogP contribution in [0.2, 0.25) is 0 Å². The minimum absolute atomic E-state index is 0.205. The molecule has 0 saturated heterocycles. The molecular formula is C25H18BrN3O. The summed E-state index contributed by atoms with van der Waals surface area (Å²) in [6.07, 6.45) is 0. The molecule has 0 fully saturated rings. The van der Waals surface area contributed by atoms with Crippen LogP contribution in [-0.4, -0.2) is 4.98 Å². The highest BCUT2D eigenvalue weighted by Gasteiger charge is 2.15. The zero-order valence-electron chi connectivity index (χ0n) is 16.0. The van der Waals surface area contributed by atoms with Crippen molar-refractivity contribution in [2.45, 2.75) is 6.61 Å². The number of ether oxygens (including phenoxy) is 1. The van der Waals surface area contributed by atoms with Crippen molar-refractivity contribution < 1.29 is 4.74 Å². The van der Waals surface area contributed by atoms with E-state index < -0.39 is 0 Å². The molecule has 4 rings (SSSR count). The summed E-state index contributed by atoms with van der Waals surface area (Å²) in [5.74, 6) is 0.925. The first-order valence-corrected chi connectivity index (χ1v) is 10.2. The molecule has 4 aromatic rings. The Labute approximate surface area is 183 Å². The standard InChI is InChI=1S/C25H18BrN3O/c26-23-12-5-4-11-20(23)24-14-21(22(15-27)25(28)29-24)18-9-6-10-19(13-18)30-16-17-7-2-1-3-8-17/h1-14H,16H2,(H2,28,29). The number of nitrogens with two attached hydrogens (primary N) is 1. The van der Waals surface area contributed by atoms with E-state index in [9.17, 15) is 5.26 Å². The molecule has 0 radical (unpaired) electrons. The molecule has 1 aromatic heterocycles. The fourth-order valence-corrected chi connectivity index (χ4v) is 3.70. The predicted molar refractivity (Wildman–Crippen MR) is 123 cm³/mol. The molecule has 0 aliphatic carbocycles. The Morgan fingerprint density at radius 2 is 1.67 bits per heavy atom. The van der Waals surface area contributed by atoms with Gasteiger partial charge in [-0.25, -0.2) is 4.98 Å².